The van der Waals surface area contributed by atoms with Crippen molar-refractivity contribution in [3.63, 3.8) is 0 Å². The summed E-state index contributed by atoms with van der Waals surface area (Å²) in [6.45, 7) is 1.49. The van der Waals surface area contributed by atoms with E-state index in [2.05, 4.69) is 5.32 Å². The highest BCUT2D eigenvalue weighted by Gasteiger charge is 2.30. The molecule has 2 atom stereocenters. The Morgan fingerprint density at radius 1 is 1.04 bits per heavy atom. The van der Waals surface area contributed by atoms with E-state index in [0.29, 0.717) is 30.8 Å². The molecule has 1 fully saturated rings. The van der Waals surface area contributed by atoms with Gasteiger partial charge < -0.3 is 15.2 Å². The van der Waals surface area contributed by atoms with Gasteiger partial charge in [-0.25, -0.2) is 0 Å². The average molecular weight is 337 g/mol. The van der Waals surface area contributed by atoms with Crippen molar-refractivity contribution in [1.29, 1.82) is 0 Å². The summed E-state index contributed by atoms with van der Waals surface area (Å²) in [7, 11) is 0. The first-order chi connectivity index (χ1) is 11.4. The van der Waals surface area contributed by atoms with E-state index in [0.717, 1.165) is 17.7 Å². The standard InChI is InChI=1S/C18H18F3NO2/c19-18(20,21)15-3-1-2-14(8-15)13-6-4-12(5-7-13)11-24-17-10-22-9-16(17)23/h1-8,16-17,22-23H,9-11H2/t16-,17-/m0/s1. The van der Waals surface area contributed by atoms with Gasteiger partial charge in [0.2, 0.25) is 0 Å². The van der Waals surface area contributed by atoms with Crippen molar-refractivity contribution in [3.8, 4) is 11.1 Å². The van der Waals surface area contributed by atoms with Gasteiger partial charge in [0.05, 0.1) is 24.4 Å². The van der Waals surface area contributed by atoms with Crippen molar-refractivity contribution in [1.82, 2.24) is 5.32 Å². The van der Waals surface area contributed by atoms with Gasteiger partial charge in [0.1, 0.15) is 0 Å². The lowest BCUT2D eigenvalue weighted by molar-refractivity contribution is -0.137. The zero-order valence-corrected chi connectivity index (χ0v) is 12.9. The number of aliphatic hydroxyl groups is 1. The highest BCUT2D eigenvalue weighted by atomic mass is 19.4. The molecule has 2 aromatic rings. The molecule has 2 aromatic carbocycles. The van der Waals surface area contributed by atoms with Crippen LogP contribution in [0.15, 0.2) is 48.5 Å². The Bertz CT molecular complexity index is 685. The lowest BCUT2D eigenvalue weighted by atomic mass is 10.0. The molecule has 6 heteroatoms. The molecule has 24 heavy (non-hydrogen) atoms. The van der Waals surface area contributed by atoms with E-state index in [1.807, 2.05) is 12.1 Å². The predicted octanol–water partition coefficient (Wildman–Crippen LogP) is 3.22. The van der Waals surface area contributed by atoms with E-state index in [-0.39, 0.29) is 6.10 Å². The van der Waals surface area contributed by atoms with Gasteiger partial charge in [-0.05, 0) is 28.8 Å². The summed E-state index contributed by atoms with van der Waals surface area (Å²) in [5.74, 6) is 0. The molecule has 3 nitrogen and oxygen atoms in total. The highest BCUT2D eigenvalue weighted by molar-refractivity contribution is 5.64. The SMILES string of the molecule is O[C@H]1CNC[C@@H]1OCc1ccc(-c2cccc(C(F)(F)F)c2)cc1. The number of rotatable bonds is 4. The van der Waals surface area contributed by atoms with E-state index < -0.39 is 17.8 Å². The number of halogens is 3. The topological polar surface area (TPSA) is 41.5 Å². The van der Waals surface area contributed by atoms with E-state index in [9.17, 15) is 18.3 Å². The molecule has 0 amide bonds. The van der Waals surface area contributed by atoms with E-state index >= 15 is 0 Å². The molecule has 0 unspecified atom stereocenters. The predicted molar refractivity (Wildman–Crippen MR) is 84.3 cm³/mol. The molecule has 0 aliphatic carbocycles. The van der Waals surface area contributed by atoms with Gasteiger partial charge in [0, 0.05) is 13.1 Å². The van der Waals surface area contributed by atoms with Gasteiger partial charge in [0.25, 0.3) is 0 Å². The number of alkyl halides is 3. The van der Waals surface area contributed by atoms with Crippen LogP contribution in [0.2, 0.25) is 0 Å². The van der Waals surface area contributed by atoms with E-state index in [1.165, 1.54) is 6.07 Å². The minimum atomic E-state index is -4.35. The van der Waals surface area contributed by atoms with Crippen molar-refractivity contribution >= 4 is 0 Å². The summed E-state index contributed by atoms with van der Waals surface area (Å²) in [6, 6.07) is 12.5. The van der Waals surface area contributed by atoms with Gasteiger partial charge in [-0.2, -0.15) is 13.2 Å². The largest absolute Gasteiger partial charge is 0.416 e. The fourth-order valence-electron chi connectivity index (χ4n) is 2.68. The van der Waals surface area contributed by atoms with Gasteiger partial charge in [-0.15, -0.1) is 0 Å². The Hall–Kier alpha value is -1.89. The van der Waals surface area contributed by atoms with Crippen LogP contribution in [-0.4, -0.2) is 30.4 Å². The maximum Gasteiger partial charge on any atom is 0.416 e. The zero-order valence-electron chi connectivity index (χ0n) is 12.9. The van der Waals surface area contributed by atoms with Crippen molar-refractivity contribution in [2.75, 3.05) is 13.1 Å². The first-order valence-electron chi connectivity index (χ1n) is 7.70. The molecule has 0 radical (unpaired) electrons. The van der Waals surface area contributed by atoms with Crippen molar-refractivity contribution in [2.24, 2.45) is 0 Å². The third kappa shape index (κ3) is 3.95. The van der Waals surface area contributed by atoms with Gasteiger partial charge in [-0.1, -0.05) is 36.4 Å². The van der Waals surface area contributed by atoms with E-state index in [4.69, 9.17) is 4.74 Å². The Morgan fingerprint density at radius 3 is 2.42 bits per heavy atom. The van der Waals surface area contributed by atoms with Gasteiger partial charge >= 0.3 is 6.18 Å². The number of aliphatic hydroxyl groups excluding tert-OH is 1. The summed E-state index contributed by atoms with van der Waals surface area (Å²) < 4.78 is 44.0. The number of nitrogens with one attached hydrogen (secondary N) is 1. The molecule has 3 rings (SSSR count). The van der Waals surface area contributed by atoms with Crippen molar-refractivity contribution < 1.29 is 23.0 Å². The summed E-state index contributed by atoms with van der Waals surface area (Å²) >= 11 is 0. The van der Waals surface area contributed by atoms with Crippen LogP contribution in [0, 0.1) is 0 Å². The van der Waals surface area contributed by atoms with Crippen LogP contribution in [0.25, 0.3) is 11.1 Å². The molecule has 2 N–H and O–H groups in total. The second kappa shape index (κ2) is 6.93. The Morgan fingerprint density at radius 2 is 1.79 bits per heavy atom. The van der Waals surface area contributed by atoms with Crippen LogP contribution in [0.1, 0.15) is 11.1 Å². The third-order valence-corrected chi connectivity index (χ3v) is 4.07. The van der Waals surface area contributed by atoms with Crippen molar-refractivity contribution in [2.45, 2.75) is 25.0 Å². The van der Waals surface area contributed by atoms with E-state index in [1.54, 1.807) is 18.2 Å². The molecule has 0 bridgehead atoms. The van der Waals surface area contributed by atoms with Gasteiger partial charge in [-0.3, -0.25) is 0 Å². The number of ether oxygens (including phenoxy) is 1. The first kappa shape index (κ1) is 17.0. The second-order valence-electron chi connectivity index (χ2n) is 5.85. The highest BCUT2D eigenvalue weighted by Crippen LogP contribution is 2.32. The Labute approximate surface area is 138 Å². The fourth-order valence-corrected chi connectivity index (χ4v) is 2.68. The summed E-state index contributed by atoms with van der Waals surface area (Å²) in [5.41, 5.74) is 1.49. The maximum absolute atomic E-state index is 12.8. The second-order valence-corrected chi connectivity index (χ2v) is 5.85. The van der Waals surface area contributed by atoms with Crippen LogP contribution >= 0.6 is 0 Å². The molecule has 0 aromatic heterocycles. The van der Waals surface area contributed by atoms with Crippen LogP contribution in [-0.2, 0) is 17.5 Å². The number of β-amino-alcohol motifs (C(OH)–C–C–N with tert-alkyl or cyclic N) is 1. The Kier molecular flexibility index (Phi) is 4.89. The minimum Gasteiger partial charge on any atom is -0.389 e. The molecule has 0 saturated carbocycles. The summed E-state index contributed by atoms with van der Waals surface area (Å²) in [6.07, 6.45) is -5.08. The zero-order chi connectivity index (χ0) is 17.2. The van der Waals surface area contributed by atoms with Crippen molar-refractivity contribution in [3.05, 3.63) is 59.7 Å². The summed E-state index contributed by atoms with van der Waals surface area (Å²) in [5, 5.41) is 12.7. The quantitative estimate of drug-likeness (QED) is 0.900. The van der Waals surface area contributed by atoms with Gasteiger partial charge in [0.15, 0.2) is 0 Å². The molecular weight excluding hydrogens is 319 g/mol. The Balaban J connectivity index is 1.68. The van der Waals surface area contributed by atoms with Crippen LogP contribution < -0.4 is 5.32 Å². The first-order valence-corrected chi connectivity index (χ1v) is 7.70. The number of hydrogen-bond donors (Lipinski definition) is 2. The normalized spacial score (nSPS) is 21.2. The molecule has 128 valence electrons. The molecule has 0 spiro atoms. The summed E-state index contributed by atoms with van der Waals surface area (Å²) in [4.78, 5) is 0. The van der Waals surface area contributed by atoms with Crippen LogP contribution in [0.5, 0.6) is 0 Å². The molecule has 1 saturated heterocycles. The molecule has 1 heterocycles. The monoisotopic (exact) mass is 337 g/mol. The van der Waals surface area contributed by atoms with Crippen LogP contribution in [0.3, 0.4) is 0 Å². The number of hydrogen-bond acceptors (Lipinski definition) is 3. The smallest absolute Gasteiger partial charge is 0.389 e. The average Bonchev–Trinajstić information content (AvgIpc) is 2.98. The minimum absolute atomic E-state index is 0.229. The maximum atomic E-state index is 12.8. The fraction of sp³-hybridized carbons (Fsp3) is 0.333. The molecule has 1 aliphatic heterocycles. The molecule has 1 aliphatic rings. The lowest BCUT2D eigenvalue weighted by Crippen LogP contribution is -2.26. The molecular formula is C18H18F3NO2. The third-order valence-electron chi connectivity index (χ3n) is 4.07. The van der Waals surface area contributed by atoms with Crippen LogP contribution in [0.4, 0.5) is 13.2 Å². The number of benzene rings is 2. The lowest BCUT2D eigenvalue weighted by Gasteiger charge is -2.15.